The summed E-state index contributed by atoms with van der Waals surface area (Å²) in [6, 6.07) is 3.82. The number of hydrogen-bond donors (Lipinski definition) is 0. The average Bonchev–Trinajstić information content (AvgIpc) is 2.96. The molecule has 3 rings (SSSR count). The van der Waals surface area contributed by atoms with Gasteiger partial charge >= 0.3 is 216 Å². The summed E-state index contributed by atoms with van der Waals surface area (Å²) in [6.45, 7) is 0. The number of nitrogens with zero attached hydrogens (tertiary/aromatic N) is 3. The Bertz CT molecular complexity index is 1360. The maximum atomic E-state index is 10.4. The number of hydrogen-bond acceptors (Lipinski definition) is 21. The third-order valence-electron chi connectivity index (χ3n) is 4.44. The van der Waals surface area contributed by atoms with Crippen molar-refractivity contribution < 1.29 is 305 Å². The van der Waals surface area contributed by atoms with Gasteiger partial charge in [0.05, 0.1) is 87.9 Å². The fraction of sp³-hybridized carbons (Fsp3) is 0. The Morgan fingerprint density at radius 2 is 0.404 bits per heavy atom. The molecule has 240 valence electrons. The van der Waals surface area contributed by atoms with Crippen LogP contribution in [0.25, 0.3) is 0 Å². The van der Waals surface area contributed by atoms with E-state index < -0.39 is 105 Å². The van der Waals surface area contributed by atoms with Crippen LogP contribution in [0.1, 0.15) is 94.0 Å². The zero-order valence-electron chi connectivity index (χ0n) is 27.5. The van der Waals surface area contributed by atoms with Crippen molar-refractivity contribution in [3.05, 3.63) is 87.3 Å². The molecule has 0 fully saturated rings. The van der Waals surface area contributed by atoms with E-state index in [1.54, 1.807) is 0 Å². The van der Waals surface area contributed by atoms with Crippen LogP contribution in [0.4, 0.5) is 0 Å². The number of pyridine rings is 3. The molecule has 0 amide bonds. The van der Waals surface area contributed by atoms with Crippen molar-refractivity contribution in [2.75, 3.05) is 0 Å². The molecule has 0 aromatic carbocycles. The summed E-state index contributed by atoms with van der Waals surface area (Å²) < 4.78 is 0. The van der Waals surface area contributed by atoms with E-state index in [0.717, 1.165) is 0 Å². The molecule has 52 heavy (non-hydrogen) atoms. The molecule has 0 bridgehead atoms. The Morgan fingerprint density at radius 3 is 0.481 bits per heavy atom. The molecule has 0 N–H and O–H groups in total. The van der Waals surface area contributed by atoms with E-state index in [4.69, 9.17) is 0 Å². The summed E-state index contributed by atoms with van der Waals surface area (Å²) in [5.41, 5.74) is -6.72. The molecule has 0 spiro atoms. The second kappa shape index (κ2) is 32.1. The minimum absolute atomic E-state index is 0. The van der Waals surface area contributed by atoms with Crippen LogP contribution in [-0.4, -0.2) is 68.7 Å². The molecular formula is C24H6N3Na6O18Tb. The minimum atomic E-state index is -1.79. The van der Waals surface area contributed by atoms with Crippen LogP contribution in [-0.2, 0) is 0 Å². The summed E-state index contributed by atoms with van der Waals surface area (Å²) in [5.74, 6) is -15.9. The molecule has 21 nitrogen and oxygen atoms in total. The van der Waals surface area contributed by atoms with Gasteiger partial charge in [-0.25, -0.2) is 15.0 Å². The molecule has 3 heterocycles. The molecule has 0 saturated heterocycles. The summed E-state index contributed by atoms with van der Waals surface area (Å²) in [7, 11) is 0. The maximum absolute atomic E-state index is 10.4. The molecule has 28 heteroatoms. The average molecular weight is 921 g/mol. The van der Waals surface area contributed by atoms with Crippen LogP contribution >= 0.6 is 0 Å². The first-order valence-electron chi connectivity index (χ1n) is 10.7. The van der Waals surface area contributed by atoms with Gasteiger partial charge in [0.15, 0.2) is 0 Å². The summed E-state index contributed by atoms with van der Waals surface area (Å²) in [6.07, 6.45) is 0. The largest absolute Gasteiger partial charge is 3.00 e. The van der Waals surface area contributed by atoms with Crippen molar-refractivity contribution in [2.24, 2.45) is 0 Å². The van der Waals surface area contributed by atoms with E-state index in [2.05, 4.69) is 15.0 Å². The third kappa shape index (κ3) is 23.1. The van der Waals surface area contributed by atoms with Crippen LogP contribution in [0.3, 0.4) is 0 Å². The summed E-state index contributed by atoms with van der Waals surface area (Å²) in [4.78, 5) is 103. The number of aromatic carboxylic acids is 9. The number of carboxylic acids is 9. The molecule has 3 aromatic heterocycles. The Labute approximate surface area is 453 Å². The Morgan fingerprint density at radius 1 is 0.288 bits per heavy atom. The van der Waals surface area contributed by atoms with Gasteiger partial charge in [-0.1, -0.05) is 0 Å². The van der Waals surface area contributed by atoms with E-state index >= 15 is 0 Å². The molecular weight excluding hydrogens is 915 g/mol. The molecule has 0 atom stereocenters. The maximum Gasteiger partial charge on any atom is 3.00 e. The monoisotopic (exact) mass is 921 g/mol. The topological polar surface area (TPSA) is 400 Å². The number of carbonyl (C=O) groups excluding carboxylic acids is 9. The molecule has 0 saturated carbocycles. The first-order chi connectivity index (χ1) is 20.7. The van der Waals surface area contributed by atoms with Crippen molar-refractivity contribution >= 4 is 53.7 Å². The minimum Gasteiger partial charge on any atom is -0.545 e. The second-order valence-electron chi connectivity index (χ2n) is 7.47. The number of carbonyl (C=O) groups is 9. The third-order valence-corrected chi connectivity index (χ3v) is 4.44. The van der Waals surface area contributed by atoms with Gasteiger partial charge in [-0.05, 0) is 36.4 Å². The fourth-order valence-electron chi connectivity index (χ4n) is 2.57. The van der Waals surface area contributed by atoms with Crippen molar-refractivity contribution in [1.82, 2.24) is 15.0 Å². The van der Waals surface area contributed by atoms with Gasteiger partial charge in [-0.3, -0.25) is 0 Å². The van der Waals surface area contributed by atoms with Crippen molar-refractivity contribution in [2.45, 2.75) is 0 Å². The molecule has 0 aliphatic rings. The van der Waals surface area contributed by atoms with E-state index in [1.165, 1.54) is 0 Å². The van der Waals surface area contributed by atoms with E-state index in [-0.39, 0.29) is 216 Å². The van der Waals surface area contributed by atoms with Gasteiger partial charge in [0, 0.05) is 16.7 Å². The number of aromatic nitrogens is 3. The van der Waals surface area contributed by atoms with Crippen LogP contribution < -0.4 is 223 Å². The predicted molar refractivity (Wildman–Crippen MR) is 112 cm³/mol. The van der Waals surface area contributed by atoms with E-state index in [0.29, 0.717) is 36.4 Å². The van der Waals surface area contributed by atoms with Crippen LogP contribution in [0, 0.1) is 38.6 Å². The van der Waals surface area contributed by atoms with Gasteiger partial charge in [-0.15, -0.1) is 0 Å². The first kappa shape index (κ1) is 66.8. The number of carboxylic acid groups (broad SMARTS) is 9. The molecule has 0 radical (unpaired) electrons. The van der Waals surface area contributed by atoms with Crippen molar-refractivity contribution in [3.8, 4) is 0 Å². The van der Waals surface area contributed by atoms with Gasteiger partial charge in [0.2, 0.25) is 0 Å². The normalized spacial score (nSPS) is 8.31. The predicted octanol–water partition coefficient (Wildman–Crippen LogP) is -29.5. The Kier molecular flexibility index (Phi) is 41.2. The Hall–Kier alpha value is -0.0343. The fourth-order valence-corrected chi connectivity index (χ4v) is 2.57. The van der Waals surface area contributed by atoms with Crippen LogP contribution in [0.5, 0.6) is 0 Å². The van der Waals surface area contributed by atoms with E-state index in [1.807, 2.05) is 0 Å². The van der Waals surface area contributed by atoms with Gasteiger partial charge in [0.25, 0.3) is 0 Å². The molecule has 3 aromatic rings. The van der Waals surface area contributed by atoms with Gasteiger partial charge < -0.3 is 89.1 Å². The molecule has 0 aliphatic heterocycles. The quantitative estimate of drug-likeness (QED) is 0.180. The number of rotatable bonds is 9. The second-order valence-corrected chi connectivity index (χ2v) is 7.47. The zero-order valence-corrected chi connectivity index (χ0v) is 41.6. The SMILES string of the molecule is O=C([O-])c1cc(C(=O)[O-])nc(C(=O)[O-])c1.O=C([O-])c1cc(C(=O)[O-])nc(C(=O)[O-])c1.O=C([O-])c1cc(C(=O)[O-])nc(C(=O)[O-])c1.[Na+].[Na+].[Na+].[Na+].[Na+].[Na+].[Tb+3]. The van der Waals surface area contributed by atoms with Crippen molar-refractivity contribution in [3.63, 3.8) is 0 Å². The van der Waals surface area contributed by atoms with E-state index in [9.17, 15) is 89.1 Å². The summed E-state index contributed by atoms with van der Waals surface area (Å²) in [5, 5.41) is 93.3. The van der Waals surface area contributed by atoms with Gasteiger partial charge in [0.1, 0.15) is 0 Å². The molecule has 0 unspecified atom stereocenters. The van der Waals surface area contributed by atoms with Gasteiger partial charge in [-0.2, -0.15) is 0 Å². The Balaban J connectivity index is -0.000000109. The van der Waals surface area contributed by atoms with Crippen LogP contribution in [0.2, 0.25) is 0 Å². The van der Waals surface area contributed by atoms with Crippen molar-refractivity contribution in [1.29, 1.82) is 0 Å². The smallest absolute Gasteiger partial charge is 0.545 e. The van der Waals surface area contributed by atoms with Crippen LogP contribution in [0.15, 0.2) is 36.4 Å². The summed E-state index contributed by atoms with van der Waals surface area (Å²) >= 11 is 0. The standard InChI is InChI=1S/3C8H5NO6.6Na.Tb/c3*10-6(11)3-1-4(7(12)13)9-5(2-3)8(14)15;;;;;;;/h3*1-2H,(H,10,11)(H,12,13)(H,14,15);;;;;;;/q;;;6*+1;+3/p-9. The zero-order chi connectivity index (χ0) is 34.8. The first-order valence-corrected chi connectivity index (χ1v) is 10.7. The molecule has 0 aliphatic carbocycles.